The standard InChI is InChI=1S/C8H9.ClH.Mg/c1-7-5-3-4-6-8(7)2;;/h3-6H,1H2,2H3;1H;/q;;+1/p-1. The van der Waals surface area contributed by atoms with Crippen LogP contribution in [0.25, 0.3) is 0 Å². The Kier molecular flexibility index (Phi) is 3.53. The average Bonchev–Trinajstić information content (AvgIpc) is 1.94. The molecule has 0 amide bonds. The number of benzene rings is 1. The Morgan fingerprint density at radius 1 is 1.40 bits per heavy atom. The van der Waals surface area contributed by atoms with Crippen molar-refractivity contribution in [2.75, 3.05) is 0 Å². The Labute approximate surface area is 75.1 Å². The van der Waals surface area contributed by atoms with Crippen molar-refractivity contribution in [3.8, 4) is 0 Å². The van der Waals surface area contributed by atoms with Crippen LogP contribution >= 0.6 is 9.07 Å². The highest BCUT2D eigenvalue weighted by Crippen LogP contribution is 2.06. The Bertz CT molecular complexity index is 210. The van der Waals surface area contributed by atoms with Gasteiger partial charge in [0.05, 0.1) is 0 Å². The lowest BCUT2D eigenvalue weighted by atomic mass is 10.1. The molecule has 0 saturated heterocycles. The van der Waals surface area contributed by atoms with E-state index in [9.17, 15) is 0 Å². The van der Waals surface area contributed by atoms with Crippen LogP contribution in [0.1, 0.15) is 11.1 Å². The molecule has 0 atom stereocenters. The highest BCUT2D eigenvalue weighted by atomic mass is 35.5. The summed E-state index contributed by atoms with van der Waals surface area (Å²) in [5.41, 5.74) is 2.79. The molecule has 0 aliphatic heterocycles. The molecule has 1 aromatic rings. The predicted molar refractivity (Wildman–Crippen MR) is 46.5 cm³/mol. The van der Waals surface area contributed by atoms with Crippen molar-refractivity contribution in [3.63, 3.8) is 0 Å². The summed E-state index contributed by atoms with van der Waals surface area (Å²) in [5.74, 6) is 0. The van der Waals surface area contributed by atoms with Crippen molar-refractivity contribution >= 4 is 28.3 Å². The molecule has 1 rings (SSSR count). The van der Waals surface area contributed by atoms with Gasteiger partial charge in [0.25, 0.3) is 0 Å². The summed E-state index contributed by atoms with van der Waals surface area (Å²) >= 11 is -0.333. The zero-order valence-corrected chi connectivity index (χ0v) is 8.27. The third kappa shape index (κ3) is 2.15. The van der Waals surface area contributed by atoms with Crippen molar-refractivity contribution in [3.05, 3.63) is 35.4 Å². The molecule has 0 N–H and O–H groups in total. The molecule has 0 heterocycles. The van der Waals surface area contributed by atoms with Crippen LogP contribution in [0.5, 0.6) is 0 Å². The Morgan fingerprint density at radius 2 is 2.10 bits per heavy atom. The summed E-state index contributed by atoms with van der Waals surface area (Å²) in [6, 6.07) is 8.43. The molecule has 0 aliphatic rings. The van der Waals surface area contributed by atoms with Gasteiger partial charge in [-0.2, -0.15) is 0 Å². The monoisotopic (exact) mass is 164 g/mol. The van der Waals surface area contributed by atoms with Gasteiger partial charge in [-0.25, -0.2) is 0 Å². The van der Waals surface area contributed by atoms with Crippen LogP contribution in [0.15, 0.2) is 24.3 Å². The molecule has 0 nitrogen and oxygen atoms in total. The highest BCUT2D eigenvalue weighted by molar-refractivity contribution is 6.93. The zero-order chi connectivity index (χ0) is 7.40. The normalized spacial score (nSPS) is 9.00. The van der Waals surface area contributed by atoms with Crippen LogP contribution in [-0.2, 0) is 4.55 Å². The first-order valence-corrected chi connectivity index (χ1v) is 6.59. The van der Waals surface area contributed by atoms with Gasteiger partial charge in [-0.05, 0) is 6.92 Å². The van der Waals surface area contributed by atoms with Gasteiger partial charge in [-0.15, -0.1) is 0 Å². The number of aryl methyl sites for hydroxylation is 1. The SMILES string of the molecule is Cc1ccccc1[CH2][Mg][Cl]. The fourth-order valence-electron chi connectivity index (χ4n) is 0.992. The summed E-state index contributed by atoms with van der Waals surface area (Å²) in [4.78, 5) is 0. The van der Waals surface area contributed by atoms with Crippen LogP contribution in [0.2, 0.25) is 0 Å². The summed E-state index contributed by atoms with van der Waals surface area (Å²) in [6.45, 7) is 2.14. The van der Waals surface area contributed by atoms with E-state index < -0.39 is 0 Å². The topological polar surface area (TPSA) is 0 Å². The number of halogens is 1. The molecule has 2 heteroatoms. The van der Waals surface area contributed by atoms with Gasteiger partial charge in [0.1, 0.15) is 0 Å². The molecule has 0 aliphatic carbocycles. The fourth-order valence-corrected chi connectivity index (χ4v) is 2.37. The van der Waals surface area contributed by atoms with E-state index in [2.05, 4.69) is 31.2 Å². The van der Waals surface area contributed by atoms with Gasteiger partial charge in [-0.1, -0.05) is 39.9 Å². The molecule has 10 heavy (non-hydrogen) atoms. The third-order valence-corrected chi connectivity index (χ3v) is 2.92. The first-order chi connectivity index (χ1) is 4.84. The van der Waals surface area contributed by atoms with Crippen LogP contribution in [0.3, 0.4) is 0 Å². The molecule has 50 valence electrons. The van der Waals surface area contributed by atoms with Gasteiger partial charge in [0.2, 0.25) is 0 Å². The highest BCUT2D eigenvalue weighted by Gasteiger charge is 1.96. The summed E-state index contributed by atoms with van der Waals surface area (Å²) in [5, 5.41) is 0. The quantitative estimate of drug-likeness (QED) is 0.590. The molecular formula is C8H9ClMg. The molecule has 0 aromatic heterocycles. The summed E-state index contributed by atoms with van der Waals surface area (Å²) in [6.07, 6.45) is 0. The fraction of sp³-hybridized carbons (Fsp3) is 0.250. The minimum atomic E-state index is -0.333. The maximum atomic E-state index is 5.75. The lowest BCUT2D eigenvalue weighted by Gasteiger charge is -2.00. The van der Waals surface area contributed by atoms with E-state index in [4.69, 9.17) is 9.07 Å². The van der Waals surface area contributed by atoms with E-state index in [1.165, 1.54) is 11.1 Å². The van der Waals surface area contributed by atoms with E-state index in [1.807, 2.05) is 0 Å². The Hall–Kier alpha value is 0.276. The minimum absolute atomic E-state index is 0.333. The van der Waals surface area contributed by atoms with Crippen LogP contribution < -0.4 is 0 Å². The van der Waals surface area contributed by atoms with Gasteiger partial charge in [0.15, 0.2) is 0 Å². The average molecular weight is 165 g/mol. The van der Waals surface area contributed by atoms with Crippen molar-refractivity contribution in [1.29, 1.82) is 0 Å². The first kappa shape index (κ1) is 8.37. The van der Waals surface area contributed by atoms with Crippen LogP contribution in [-0.4, -0.2) is 19.3 Å². The van der Waals surface area contributed by atoms with E-state index in [-0.39, 0.29) is 19.3 Å². The number of hydrogen-bond acceptors (Lipinski definition) is 0. The van der Waals surface area contributed by atoms with Crippen molar-refractivity contribution in [1.82, 2.24) is 0 Å². The van der Waals surface area contributed by atoms with Crippen LogP contribution in [0, 0.1) is 6.92 Å². The second-order valence-corrected chi connectivity index (χ2v) is 4.38. The van der Waals surface area contributed by atoms with E-state index in [0.717, 1.165) is 4.55 Å². The Morgan fingerprint density at radius 3 is 2.70 bits per heavy atom. The second kappa shape index (κ2) is 4.22. The van der Waals surface area contributed by atoms with Crippen molar-refractivity contribution in [2.45, 2.75) is 11.5 Å². The van der Waals surface area contributed by atoms with E-state index in [0.29, 0.717) is 0 Å². The molecule has 1 aromatic carbocycles. The predicted octanol–water partition coefficient (Wildman–Crippen LogP) is 2.35. The lowest BCUT2D eigenvalue weighted by molar-refractivity contribution is 1.30. The molecule has 0 radical (unpaired) electrons. The minimum Gasteiger partial charge on any atom is -0.345 e. The van der Waals surface area contributed by atoms with E-state index in [1.54, 1.807) is 0 Å². The van der Waals surface area contributed by atoms with Crippen molar-refractivity contribution in [2.24, 2.45) is 0 Å². The third-order valence-electron chi connectivity index (χ3n) is 1.63. The number of hydrogen-bond donors (Lipinski definition) is 0. The summed E-state index contributed by atoms with van der Waals surface area (Å²) < 4.78 is 1.12. The van der Waals surface area contributed by atoms with Crippen molar-refractivity contribution < 1.29 is 0 Å². The zero-order valence-electron chi connectivity index (χ0n) is 6.10. The molecule has 0 saturated carbocycles. The van der Waals surface area contributed by atoms with Gasteiger partial charge < -0.3 is 9.07 Å². The first-order valence-electron chi connectivity index (χ1n) is 3.45. The van der Waals surface area contributed by atoms with Gasteiger partial charge >= 0.3 is 19.3 Å². The summed E-state index contributed by atoms with van der Waals surface area (Å²) in [7, 11) is 5.75. The second-order valence-electron chi connectivity index (χ2n) is 2.37. The molecule has 0 bridgehead atoms. The maximum absolute atomic E-state index is 5.75. The Balaban J connectivity index is 2.81. The maximum Gasteiger partial charge on any atom is 0.505 e. The largest absolute Gasteiger partial charge is 0.505 e. The molecular weight excluding hydrogens is 156 g/mol. The molecule has 0 spiro atoms. The van der Waals surface area contributed by atoms with Gasteiger partial charge in [-0.3, -0.25) is 0 Å². The lowest BCUT2D eigenvalue weighted by Crippen LogP contribution is -1.91. The van der Waals surface area contributed by atoms with E-state index >= 15 is 0 Å². The van der Waals surface area contributed by atoms with Crippen LogP contribution in [0.4, 0.5) is 0 Å². The van der Waals surface area contributed by atoms with Gasteiger partial charge in [0, 0.05) is 0 Å². The molecule has 0 unspecified atom stereocenters. The number of rotatable bonds is 2. The molecule has 0 fully saturated rings. The smallest absolute Gasteiger partial charge is 0.345 e.